The van der Waals surface area contributed by atoms with Crippen LogP contribution in [-0.2, 0) is 0 Å². The van der Waals surface area contributed by atoms with Crippen LogP contribution in [0.5, 0.6) is 5.75 Å². The molecule has 0 bridgehead atoms. The van der Waals surface area contributed by atoms with E-state index in [2.05, 4.69) is 77.8 Å². The number of para-hydroxylation sites is 1. The molecule has 1 aliphatic heterocycles. The fourth-order valence-corrected chi connectivity index (χ4v) is 4.79. The quantitative estimate of drug-likeness (QED) is 0.288. The van der Waals surface area contributed by atoms with Crippen LogP contribution in [0.25, 0.3) is 0 Å². The molecule has 158 valence electrons. The van der Waals surface area contributed by atoms with E-state index in [-0.39, 0.29) is 6.61 Å². The Bertz CT molecular complexity index is 1220. The minimum absolute atomic E-state index is 0.244. The minimum Gasteiger partial charge on any atom is -0.480 e. The minimum atomic E-state index is 0.244. The largest absolute Gasteiger partial charge is 0.480 e. The van der Waals surface area contributed by atoms with Crippen LogP contribution in [0.1, 0.15) is 40.6 Å². The molecule has 2 aliphatic rings. The Morgan fingerprint density at radius 1 is 1.12 bits per heavy atom. The fraction of sp³-hybridized carbons (Fsp3) is 0.207. The van der Waals surface area contributed by atoms with Crippen molar-refractivity contribution >= 4 is 17.6 Å². The predicted molar refractivity (Wildman–Crippen MR) is 132 cm³/mol. The molecule has 0 amide bonds. The number of hydrogen-bond acceptors (Lipinski definition) is 3. The van der Waals surface area contributed by atoms with E-state index in [9.17, 15) is 0 Å². The van der Waals surface area contributed by atoms with Crippen molar-refractivity contribution in [3.05, 3.63) is 101 Å². The number of hydrogen-bond donors (Lipinski definition) is 1. The van der Waals surface area contributed by atoms with Gasteiger partial charge in [0.1, 0.15) is 12.4 Å². The molecule has 32 heavy (non-hydrogen) atoms. The van der Waals surface area contributed by atoms with Crippen molar-refractivity contribution in [1.82, 2.24) is 0 Å². The highest BCUT2D eigenvalue weighted by Gasteiger charge is 2.37. The molecule has 1 aliphatic carbocycles. The zero-order valence-corrected chi connectivity index (χ0v) is 18.2. The number of benzene rings is 3. The number of nitrogens with zero attached hydrogens (tertiary/aromatic N) is 1. The van der Waals surface area contributed by atoms with Crippen LogP contribution in [0, 0.1) is 25.2 Å². The summed E-state index contributed by atoms with van der Waals surface area (Å²) in [6.07, 6.45) is 13.0. The van der Waals surface area contributed by atoms with Crippen LogP contribution >= 0.6 is 0 Å². The first kappa shape index (κ1) is 20.2. The number of terminal acetylenes is 1. The van der Waals surface area contributed by atoms with Crippen molar-refractivity contribution in [2.24, 2.45) is 10.9 Å². The Morgan fingerprint density at radius 3 is 2.81 bits per heavy atom. The number of ether oxygens (including phenoxy) is 1. The van der Waals surface area contributed by atoms with E-state index in [1.54, 1.807) is 0 Å². The van der Waals surface area contributed by atoms with Crippen LogP contribution in [-0.4, -0.2) is 12.8 Å². The van der Waals surface area contributed by atoms with Gasteiger partial charge in [-0.1, -0.05) is 60.0 Å². The topological polar surface area (TPSA) is 33.6 Å². The SMILES string of the molecule is C#CCOc1ccccc1C=Nc1ccc([C@@H]2Nc3ccc(C)cc3[C@@H]3C=CC[C@@H]32)cc1. The Labute approximate surface area is 189 Å². The van der Waals surface area contributed by atoms with Crippen LogP contribution < -0.4 is 10.1 Å². The zero-order chi connectivity index (χ0) is 21.9. The van der Waals surface area contributed by atoms with E-state index in [1.165, 1.54) is 22.4 Å². The standard InChI is InChI=1S/C29H26N2O/c1-3-17-32-28-10-5-4-7-22(28)19-30-23-14-12-21(13-15-23)29-25-9-6-8-24(25)26-18-20(2)11-16-27(26)31-29/h1,4-8,10-16,18-19,24-25,29,31H,9,17H2,2H3/t24-,25+,29+/m1/s1. The molecule has 1 N–H and O–H groups in total. The number of fused-ring (bicyclic) bond motifs is 3. The van der Waals surface area contributed by atoms with Gasteiger partial charge in [-0.05, 0) is 60.7 Å². The van der Waals surface area contributed by atoms with Crippen molar-refractivity contribution < 1.29 is 4.74 Å². The molecule has 3 atom stereocenters. The number of nitrogens with one attached hydrogen (secondary N) is 1. The average Bonchev–Trinajstić information content (AvgIpc) is 3.32. The van der Waals surface area contributed by atoms with Crippen molar-refractivity contribution in [2.75, 3.05) is 11.9 Å². The van der Waals surface area contributed by atoms with Gasteiger partial charge >= 0.3 is 0 Å². The Morgan fingerprint density at radius 2 is 1.97 bits per heavy atom. The number of rotatable bonds is 5. The maximum Gasteiger partial charge on any atom is 0.148 e. The van der Waals surface area contributed by atoms with Gasteiger partial charge in [-0.25, -0.2) is 0 Å². The van der Waals surface area contributed by atoms with Gasteiger partial charge in [-0.3, -0.25) is 4.99 Å². The molecule has 0 spiro atoms. The summed E-state index contributed by atoms with van der Waals surface area (Å²) in [5, 5.41) is 3.81. The third-order valence-corrected chi connectivity index (χ3v) is 6.35. The van der Waals surface area contributed by atoms with Crippen LogP contribution in [0.15, 0.2) is 83.9 Å². The third kappa shape index (κ3) is 3.92. The van der Waals surface area contributed by atoms with E-state index in [4.69, 9.17) is 11.2 Å². The first-order chi connectivity index (χ1) is 15.7. The number of aryl methyl sites for hydroxylation is 1. The molecule has 3 aromatic carbocycles. The highest BCUT2D eigenvalue weighted by atomic mass is 16.5. The van der Waals surface area contributed by atoms with Crippen LogP contribution in [0.4, 0.5) is 11.4 Å². The number of allylic oxidation sites excluding steroid dienone is 2. The van der Waals surface area contributed by atoms with Crippen molar-refractivity contribution in [3.63, 3.8) is 0 Å². The summed E-state index contributed by atoms with van der Waals surface area (Å²) in [6, 6.07) is 23.4. The maximum atomic E-state index is 5.61. The second-order valence-electron chi connectivity index (χ2n) is 8.45. The lowest BCUT2D eigenvalue weighted by atomic mass is 9.76. The smallest absolute Gasteiger partial charge is 0.148 e. The van der Waals surface area contributed by atoms with Gasteiger partial charge in [0.25, 0.3) is 0 Å². The molecule has 0 aromatic heterocycles. The van der Waals surface area contributed by atoms with E-state index in [0.717, 1.165) is 23.4 Å². The average molecular weight is 419 g/mol. The van der Waals surface area contributed by atoms with Gasteiger partial charge < -0.3 is 10.1 Å². The molecule has 0 unspecified atom stereocenters. The lowest BCUT2D eigenvalue weighted by molar-refractivity contribution is 0.370. The summed E-state index contributed by atoms with van der Waals surface area (Å²) in [5.41, 5.74) is 7.11. The Kier molecular flexibility index (Phi) is 5.52. The van der Waals surface area contributed by atoms with Gasteiger partial charge in [0.15, 0.2) is 0 Å². The van der Waals surface area contributed by atoms with Gasteiger partial charge in [-0.15, -0.1) is 6.42 Å². The molecule has 1 heterocycles. The molecule has 5 rings (SSSR count). The zero-order valence-electron chi connectivity index (χ0n) is 18.2. The van der Waals surface area contributed by atoms with E-state index in [0.29, 0.717) is 17.9 Å². The lowest BCUT2D eigenvalue weighted by Gasteiger charge is -2.37. The van der Waals surface area contributed by atoms with Gasteiger partial charge in [0.05, 0.1) is 11.7 Å². The summed E-state index contributed by atoms with van der Waals surface area (Å²) < 4.78 is 5.61. The fourth-order valence-electron chi connectivity index (χ4n) is 4.79. The number of aliphatic imine (C=N–C) groups is 1. The van der Waals surface area contributed by atoms with E-state index in [1.807, 2.05) is 30.5 Å². The molecule has 3 nitrogen and oxygen atoms in total. The first-order valence-electron chi connectivity index (χ1n) is 11.1. The maximum absolute atomic E-state index is 5.61. The van der Waals surface area contributed by atoms with Crippen molar-refractivity contribution in [1.29, 1.82) is 0 Å². The first-order valence-corrected chi connectivity index (χ1v) is 11.1. The molecular weight excluding hydrogens is 392 g/mol. The predicted octanol–water partition coefficient (Wildman–Crippen LogP) is 6.58. The van der Waals surface area contributed by atoms with Crippen LogP contribution in [0.3, 0.4) is 0 Å². The molecular formula is C29H26N2O. The van der Waals surface area contributed by atoms with Gasteiger partial charge in [0.2, 0.25) is 0 Å². The van der Waals surface area contributed by atoms with E-state index >= 15 is 0 Å². The molecule has 3 aromatic rings. The van der Waals surface area contributed by atoms with E-state index < -0.39 is 0 Å². The molecule has 3 heteroatoms. The van der Waals surface area contributed by atoms with Gasteiger partial charge in [-0.2, -0.15) is 0 Å². The van der Waals surface area contributed by atoms with Crippen molar-refractivity contribution in [3.8, 4) is 18.1 Å². The second kappa shape index (κ2) is 8.77. The molecule has 0 fully saturated rings. The monoisotopic (exact) mass is 418 g/mol. The normalized spacial score (nSPS) is 20.9. The second-order valence-corrected chi connectivity index (χ2v) is 8.45. The Balaban J connectivity index is 1.36. The molecule has 0 saturated heterocycles. The molecule has 0 saturated carbocycles. The van der Waals surface area contributed by atoms with Gasteiger partial charge in [0, 0.05) is 23.4 Å². The number of anilines is 1. The lowest BCUT2D eigenvalue weighted by Crippen LogP contribution is -2.29. The summed E-state index contributed by atoms with van der Waals surface area (Å²) >= 11 is 0. The third-order valence-electron chi connectivity index (χ3n) is 6.35. The van der Waals surface area contributed by atoms with Crippen molar-refractivity contribution in [2.45, 2.75) is 25.3 Å². The molecule has 0 radical (unpaired) electrons. The van der Waals surface area contributed by atoms with Crippen LogP contribution in [0.2, 0.25) is 0 Å². The summed E-state index contributed by atoms with van der Waals surface area (Å²) in [4.78, 5) is 4.65. The Hall–Kier alpha value is -3.77. The highest BCUT2D eigenvalue weighted by molar-refractivity contribution is 5.85. The summed E-state index contributed by atoms with van der Waals surface area (Å²) in [6.45, 7) is 2.41. The summed E-state index contributed by atoms with van der Waals surface area (Å²) in [5.74, 6) is 4.26. The summed E-state index contributed by atoms with van der Waals surface area (Å²) in [7, 11) is 0. The highest BCUT2D eigenvalue weighted by Crippen LogP contribution is 2.50.